The molecule has 0 rings (SSSR count). The molecule has 0 unspecified atom stereocenters. The summed E-state index contributed by atoms with van der Waals surface area (Å²) in [6.45, 7) is 8.09. The zero-order valence-electron chi connectivity index (χ0n) is 10.8. The van der Waals surface area contributed by atoms with Crippen molar-refractivity contribution in [2.75, 3.05) is 25.9 Å². The molecule has 100 valence electrons. The van der Waals surface area contributed by atoms with E-state index in [2.05, 4.69) is 11.9 Å². The highest BCUT2D eigenvalue weighted by molar-refractivity contribution is 7.88. The second kappa shape index (κ2) is 7.45. The first-order valence-corrected chi connectivity index (χ1v) is 7.45. The summed E-state index contributed by atoms with van der Waals surface area (Å²) >= 11 is 0. The van der Waals surface area contributed by atoms with E-state index in [1.54, 1.807) is 6.08 Å². The van der Waals surface area contributed by atoms with Crippen LogP contribution in [0.15, 0.2) is 12.7 Å². The fourth-order valence-electron chi connectivity index (χ4n) is 1.17. The Labute approximate surface area is 104 Å². The summed E-state index contributed by atoms with van der Waals surface area (Å²) in [7, 11) is -3.33. The van der Waals surface area contributed by atoms with Crippen LogP contribution in [0.4, 0.5) is 0 Å². The Morgan fingerprint density at radius 3 is 2.47 bits per heavy atom. The maximum absolute atomic E-state index is 11.5. The molecule has 0 spiro atoms. The molecule has 0 heterocycles. The molecule has 0 saturated heterocycles. The monoisotopic (exact) mass is 262 g/mol. The summed E-state index contributed by atoms with van der Waals surface area (Å²) in [5.41, 5.74) is 0. The first-order chi connectivity index (χ1) is 7.77. The topological polar surface area (TPSA) is 66.5 Å². The van der Waals surface area contributed by atoms with E-state index in [1.807, 2.05) is 13.8 Å². The first-order valence-electron chi connectivity index (χ1n) is 5.60. The minimum Gasteiger partial charge on any atom is -0.351 e. The summed E-state index contributed by atoms with van der Waals surface area (Å²) in [5.74, 6) is 0.0922. The highest BCUT2D eigenvalue weighted by atomic mass is 32.2. The Balaban J connectivity index is 4.40. The van der Waals surface area contributed by atoms with Crippen LogP contribution in [-0.2, 0) is 14.8 Å². The van der Waals surface area contributed by atoms with Crippen molar-refractivity contribution in [2.24, 2.45) is 5.92 Å². The molecular formula is C11H22N2O3S. The molecule has 0 atom stereocenters. The molecule has 0 aromatic heterocycles. The van der Waals surface area contributed by atoms with Gasteiger partial charge in [-0.1, -0.05) is 19.9 Å². The maximum atomic E-state index is 11.5. The van der Waals surface area contributed by atoms with Gasteiger partial charge in [-0.05, 0) is 12.3 Å². The molecule has 0 aliphatic rings. The smallest absolute Gasteiger partial charge is 0.235 e. The molecule has 0 aliphatic heterocycles. The van der Waals surface area contributed by atoms with E-state index in [1.165, 1.54) is 4.31 Å². The third-order valence-electron chi connectivity index (χ3n) is 2.19. The Morgan fingerprint density at radius 2 is 2.06 bits per heavy atom. The second-order valence-electron chi connectivity index (χ2n) is 4.37. The van der Waals surface area contributed by atoms with Gasteiger partial charge in [0.05, 0.1) is 12.8 Å². The largest absolute Gasteiger partial charge is 0.351 e. The van der Waals surface area contributed by atoms with Gasteiger partial charge in [0, 0.05) is 13.1 Å². The van der Waals surface area contributed by atoms with Crippen molar-refractivity contribution in [3.05, 3.63) is 12.7 Å². The number of nitrogens with zero attached hydrogens (tertiary/aromatic N) is 1. The molecule has 0 radical (unpaired) electrons. The normalized spacial score (nSPS) is 11.8. The van der Waals surface area contributed by atoms with E-state index in [4.69, 9.17) is 0 Å². The summed E-state index contributed by atoms with van der Waals surface area (Å²) in [6, 6.07) is 0. The number of amides is 1. The fourth-order valence-corrected chi connectivity index (χ4v) is 1.96. The molecule has 0 saturated carbocycles. The summed E-state index contributed by atoms with van der Waals surface area (Å²) in [5, 5.41) is 2.56. The molecule has 1 N–H and O–H groups in total. The van der Waals surface area contributed by atoms with Gasteiger partial charge in [0.2, 0.25) is 15.9 Å². The lowest BCUT2D eigenvalue weighted by Crippen LogP contribution is -2.41. The quantitative estimate of drug-likeness (QED) is 0.651. The maximum Gasteiger partial charge on any atom is 0.235 e. The number of nitrogens with one attached hydrogen (secondary N) is 1. The first kappa shape index (κ1) is 16.1. The lowest BCUT2D eigenvalue weighted by Gasteiger charge is -2.20. The van der Waals surface area contributed by atoms with Gasteiger partial charge in [0.25, 0.3) is 0 Å². The van der Waals surface area contributed by atoms with Gasteiger partial charge < -0.3 is 5.32 Å². The molecule has 17 heavy (non-hydrogen) atoms. The molecule has 0 aromatic carbocycles. The van der Waals surface area contributed by atoms with E-state index in [9.17, 15) is 13.2 Å². The molecular weight excluding hydrogens is 240 g/mol. The van der Waals surface area contributed by atoms with Crippen molar-refractivity contribution >= 4 is 15.9 Å². The number of sulfonamides is 1. The van der Waals surface area contributed by atoms with Crippen molar-refractivity contribution in [1.82, 2.24) is 9.62 Å². The second-order valence-corrected chi connectivity index (χ2v) is 6.35. The minimum absolute atomic E-state index is 0.126. The summed E-state index contributed by atoms with van der Waals surface area (Å²) in [6.07, 6.45) is 3.41. The predicted octanol–water partition coefficient (Wildman–Crippen LogP) is 0.596. The Hall–Kier alpha value is -0.880. The number of carbonyl (C=O) groups is 1. The van der Waals surface area contributed by atoms with Crippen molar-refractivity contribution < 1.29 is 13.2 Å². The summed E-state index contributed by atoms with van der Waals surface area (Å²) in [4.78, 5) is 11.4. The van der Waals surface area contributed by atoms with Gasteiger partial charge in [-0.2, -0.15) is 4.31 Å². The van der Waals surface area contributed by atoms with Crippen LogP contribution in [0.2, 0.25) is 0 Å². The van der Waals surface area contributed by atoms with Gasteiger partial charge in [0.15, 0.2) is 0 Å². The Kier molecular flexibility index (Phi) is 7.06. The molecule has 0 aliphatic carbocycles. The standard InChI is InChI=1S/C11H22N2O3S/c1-5-7-12-11(14)9-13(17(4,15)16)8-6-10(2)3/h5,10H,1,6-9H2,2-4H3,(H,12,14). The molecule has 1 amide bonds. The molecule has 6 heteroatoms. The highest BCUT2D eigenvalue weighted by Crippen LogP contribution is 2.05. The SMILES string of the molecule is C=CCNC(=O)CN(CCC(C)C)S(C)(=O)=O. The fraction of sp³-hybridized carbons (Fsp3) is 0.727. The van der Waals surface area contributed by atoms with Crippen LogP contribution in [0, 0.1) is 5.92 Å². The molecule has 0 bridgehead atoms. The van der Waals surface area contributed by atoms with E-state index < -0.39 is 10.0 Å². The number of carbonyl (C=O) groups excluding carboxylic acids is 1. The number of hydrogen-bond acceptors (Lipinski definition) is 3. The zero-order valence-corrected chi connectivity index (χ0v) is 11.6. The Bertz CT molecular complexity index is 350. The van der Waals surface area contributed by atoms with Gasteiger partial charge in [-0.15, -0.1) is 6.58 Å². The van der Waals surface area contributed by atoms with Crippen molar-refractivity contribution in [3.63, 3.8) is 0 Å². The predicted molar refractivity (Wildman–Crippen MR) is 69.1 cm³/mol. The van der Waals surface area contributed by atoms with Crippen molar-refractivity contribution in [1.29, 1.82) is 0 Å². The van der Waals surface area contributed by atoms with Gasteiger partial charge in [-0.25, -0.2) is 8.42 Å². The molecule has 0 aromatic rings. The average molecular weight is 262 g/mol. The van der Waals surface area contributed by atoms with E-state index in [0.29, 0.717) is 19.0 Å². The van der Waals surface area contributed by atoms with Crippen LogP contribution < -0.4 is 5.32 Å². The lowest BCUT2D eigenvalue weighted by molar-refractivity contribution is -0.121. The van der Waals surface area contributed by atoms with Crippen LogP contribution in [0.1, 0.15) is 20.3 Å². The van der Waals surface area contributed by atoms with Crippen molar-refractivity contribution in [2.45, 2.75) is 20.3 Å². The molecule has 5 nitrogen and oxygen atoms in total. The van der Waals surface area contributed by atoms with Gasteiger partial charge in [0.1, 0.15) is 0 Å². The van der Waals surface area contributed by atoms with E-state index in [-0.39, 0.29) is 12.5 Å². The zero-order chi connectivity index (χ0) is 13.5. The van der Waals surface area contributed by atoms with Gasteiger partial charge in [-0.3, -0.25) is 4.79 Å². The van der Waals surface area contributed by atoms with Crippen LogP contribution in [0.5, 0.6) is 0 Å². The number of rotatable bonds is 8. The third kappa shape index (κ3) is 7.93. The van der Waals surface area contributed by atoms with Crippen LogP contribution >= 0.6 is 0 Å². The van der Waals surface area contributed by atoms with E-state index >= 15 is 0 Å². The average Bonchev–Trinajstić information content (AvgIpc) is 2.19. The van der Waals surface area contributed by atoms with Crippen LogP contribution in [-0.4, -0.2) is 44.5 Å². The number of hydrogen-bond donors (Lipinski definition) is 1. The van der Waals surface area contributed by atoms with E-state index in [0.717, 1.165) is 12.7 Å². The van der Waals surface area contributed by atoms with Crippen LogP contribution in [0.25, 0.3) is 0 Å². The van der Waals surface area contributed by atoms with Crippen LogP contribution in [0.3, 0.4) is 0 Å². The Morgan fingerprint density at radius 1 is 1.47 bits per heavy atom. The lowest BCUT2D eigenvalue weighted by atomic mass is 10.1. The van der Waals surface area contributed by atoms with Crippen molar-refractivity contribution in [3.8, 4) is 0 Å². The highest BCUT2D eigenvalue weighted by Gasteiger charge is 2.19. The molecule has 0 fully saturated rings. The third-order valence-corrected chi connectivity index (χ3v) is 3.44. The van der Waals surface area contributed by atoms with Gasteiger partial charge >= 0.3 is 0 Å². The minimum atomic E-state index is -3.33. The summed E-state index contributed by atoms with van der Waals surface area (Å²) < 4.78 is 24.2.